The molecule has 1 N–H and O–H groups in total. The summed E-state index contributed by atoms with van der Waals surface area (Å²) < 4.78 is 28.2. The molecular formula is C23H27N5O2S. The van der Waals surface area contributed by atoms with Crippen LogP contribution in [0.15, 0.2) is 42.9 Å². The van der Waals surface area contributed by atoms with Crippen molar-refractivity contribution in [2.24, 2.45) is 0 Å². The Labute approximate surface area is 182 Å². The molecule has 0 unspecified atom stereocenters. The Balaban J connectivity index is 1.11. The van der Waals surface area contributed by atoms with Gasteiger partial charge in [0.2, 0.25) is 10.0 Å². The standard InChI is InChI=1S/C23H27N5O2S/c29-31(30,18-14-27(15-18)23-19(16-5-6-16)3-1-10-25-23)28-11-7-17(8-12-28)21-13-26-22-20(21)4-2-9-24-22/h1-4,9-10,13,16-18H,5-8,11-12,14-15H2,(H,24,26). The van der Waals surface area contributed by atoms with Crippen LogP contribution in [-0.4, -0.2) is 59.1 Å². The maximum absolute atomic E-state index is 13.2. The van der Waals surface area contributed by atoms with E-state index in [-0.39, 0.29) is 5.25 Å². The number of H-pyrrole nitrogens is 1. The molecule has 3 aromatic heterocycles. The molecular weight excluding hydrogens is 410 g/mol. The largest absolute Gasteiger partial charge is 0.354 e. The van der Waals surface area contributed by atoms with Gasteiger partial charge in [0.15, 0.2) is 0 Å². The minimum absolute atomic E-state index is 0.324. The minimum Gasteiger partial charge on any atom is -0.354 e. The summed E-state index contributed by atoms with van der Waals surface area (Å²) in [6.07, 6.45) is 9.78. The Hall–Kier alpha value is -2.45. The second-order valence-corrected chi connectivity index (χ2v) is 11.3. The summed E-state index contributed by atoms with van der Waals surface area (Å²) in [5, 5.41) is 0.829. The molecule has 0 atom stereocenters. The average molecular weight is 438 g/mol. The van der Waals surface area contributed by atoms with E-state index < -0.39 is 10.0 Å². The van der Waals surface area contributed by atoms with Crippen molar-refractivity contribution >= 4 is 26.9 Å². The van der Waals surface area contributed by atoms with E-state index in [2.05, 4.69) is 32.0 Å². The molecule has 3 aliphatic rings. The van der Waals surface area contributed by atoms with Gasteiger partial charge in [-0.2, -0.15) is 0 Å². The fourth-order valence-corrected chi connectivity index (χ4v) is 7.01. The van der Waals surface area contributed by atoms with Crippen LogP contribution in [-0.2, 0) is 10.0 Å². The molecule has 2 aliphatic heterocycles. The van der Waals surface area contributed by atoms with Gasteiger partial charge >= 0.3 is 0 Å². The molecule has 8 heteroatoms. The molecule has 1 saturated carbocycles. The van der Waals surface area contributed by atoms with Gasteiger partial charge in [0, 0.05) is 50.2 Å². The van der Waals surface area contributed by atoms with Gasteiger partial charge in [-0.1, -0.05) is 6.07 Å². The molecule has 3 aromatic rings. The first-order chi connectivity index (χ1) is 15.1. The van der Waals surface area contributed by atoms with Crippen molar-refractivity contribution in [2.45, 2.75) is 42.8 Å². The van der Waals surface area contributed by atoms with E-state index in [1.54, 1.807) is 10.5 Å². The predicted molar refractivity (Wildman–Crippen MR) is 121 cm³/mol. The summed E-state index contributed by atoms with van der Waals surface area (Å²) in [6.45, 7) is 2.28. The van der Waals surface area contributed by atoms with Crippen molar-refractivity contribution < 1.29 is 8.42 Å². The summed E-state index contributed by atoms with van der Waals surface area (Å²) in [5.41, 5.74) is 3.45. The summed E-state index contributed by atoms with van der Waals surface area (Å²) in [4.78, 5) is 14.3. The van der Waals surface area contributed by atoms with Gasteiger partial charge in [0.1, 0.15) is 16.7 Å². The molecule has 3 fully saturated rings. The van der Waals surface area contributed by atoms with Crippen molar-refractivity contribution in [2.75, 3.05) is 31.1 Å². The topological polar surface area (TPSA) is 82.2 Å². The summed E-state index contributed by atoms with van der Waals surface area (Å²) >= 11 is 0. The molecule has 2 saturated heterocycles. The van der Waals surface area contributed by atoms with Crippen LogP contribution in [0.25, 0.3) is 11.0 Å². The highest BCUT2D eigenvalue weighted by atomic mass is 32.2. The molecule has 6 rings (SSSR count). The number of aromatic amines is 1. The lowest BCUT2D eigenvalue weighted by atomic mass is 9.90. The van der Waals surface area contributed by atoms with Crippen molar-refractivity contribution in [3.63, 3.8) is 0 Å². The molecule has 162 valence electrons. The quantitative estimate of drug-likeness (QED) is 0.663. The third-order valence-electron chi connectivity index (χ3n) is 7.14. The highest BCUT2D eigenvalue weighted by molar-refractivity contribution is 7.89. The number of sulfonamides is 1. The van der Waals surface area contributed by atoms with Crippen LogP contribution in [0.4, 0.5) is 5.82 Å². The Bertz CT molecular complexity index is 1210. The van der Waals surface area contributed by atoms with E-state index in [4.69, 9.17) is 0 Å². The molecule has 0 aromatic carbocycles. The second-order valence-electron chi connectivity index (χ2n) is 9.08. The Morgan fingerprint density at radius 2 is 1.61 bits per heavy atom. The van der Waals surface area contributed by atoms with E-state index in [0.29, 0.717) is 38.0 Å². The number of pyridine rings is 2. The van der Waals surface area contributed by atoms with Crippen molar-refractivity contribution in [3.05, 3.63) is 54.0 Å². The van der Waals surface area contributed by atoms with Crippen LogP contribution in [0, 0.1) is 0 Å². The van der Waals surface area contributed by atoms with Gasteiger partial charge in [-0.05, 0) is 66.8 Å². The lowest BCUT2D eigenvalue weighted by Crippen LogP contribution is -2.59. The molecule has 31 heavy (non-hydrogen) atoms. The fraction of sp³-hybridized carbons (Fsp3) is 0.478. The Morgan fingerprint density at radius 3 is 2.39 bits per heavy atom. The van der Waals surface area contributed by atoms with Crippen LogP contribution < -0.4 is 4.90 Å². The summed E-state index contributed by atoms with van der Waals surface area (Å²) in [5.74, 6) is 1.97. The van der Waals surface area contributed by atoms with Gasteiger partial charge < -0.3 is 9.88 Å². The highest BCUT2D eigenvalue weighted by Crippen LogP contribution is 2.44. The number of piperidine rings is 1. The number of aromatic nitrogens is 3. The number of nitrogens with zero attached hydrogens (tertiary/aromatic N) is 4. The normalized spacial score (nSPS) is 21.5. The molecule has 7 nitrogen and oxygen atoms in total. The van der Waals surface area contributed by atoms with Gasteiger partial charge in [-0.25, -0.2) is 22.7 Å². The molecule has 0 spiro atoms. The maximum Gasteiger partial charge on any atom is 0.220 e. The van der Waals surface area contributed by atoms with Gasteiger partial charge in [0.05, 0.1) is 0 Å². The third kappa shape index (κ3) is 3.32. The van der Waals surface area contributed by atoms with Crippen molar-refractivity contribution in [1.82, 2.24) is 19.3 Å². The number of hydrogen-bond acceptors (Lipinski definition) is 5. The SMILES string of the molecule is O=S(=O)(C1CN(c2ncccc2C2CC2)C1)N1CCC(c2c[nH]c3ncccc23)CC1. The van der Waals surface area contributed by atoms with Crippen LogP contribution in [0.1, 0.15) is 48.6 Å². The smallest absolute Gasteiger partial charge is 0.220 e. The zero-order chi connectivity index (χ0) is 21.0. The van der Waals surface area contributed by atoms with Crippen molar-refractivity contribution in [1.29, 1.82) is 0 Å². The molecule has 0 bridgehead atoms. The first kappa shape index (κ1) is 19.3. The van der Waals surface area contributed by atoms with Crippen molar-refractivity contribution in [3.8, 4) is 0 Å². The van der Waals surface area contributed by atoms with E-state index in [1.807, 2.05) is 24.5 Å². The van der Waals surface area contributed by atoms with E-state index >= 15 is 0 Å². The first-order valence-electron chi connectivity index (χ1n) is 11.2. The third-order valence-corrected chi connectivity index (χ3v) is 9.37. The van der Waals surface area contributed by atoms with Gasteiger partial charge in [0.25, 0.3) is 0 Å². The lowest BCUT2D eigenvalue weighted by Gasteiger charge is -2.43. The monoisotopic (exact) mass is 437 g/mol. The zero-order valence-electron chi connectivity index (χ0n) is 17.4. The average Bonchev–Trinajstić information content (AvgIpc) is 3.52. The Morgan fingerprint density at radius 1 is 0.903 bits per heavy atom. The lowest BCUT2D eigenvalue weighted by molar-refractivity contribution is 0.313. The van der Waals surface area contributed by atoms with E-state index in [0.717, 1.165) is 29.7 Å². The number of fused-ring (bicyclic) bond motifs is 1. The van der Waals surface area contributed by atoms with Crippen LogP contribution in [0.2, 0.25) is 0 Å². The highest BCUT2D eigenvalue weighted by Gasteiger charge is 2.43. The van der Waals surface area contributed by atoms with E-state index in [1.165, 1.54) is 24.0 Å². The van der Waals surface area contributed by atoms with E-state index in [9.17, 15) is 8.42 Å². The van der Waals surface area contributed by atoms with Crippen LogP contribution >= 0.6 is 0 Å². The molecule has 0 amide bonds. The molecule has 1 aliphatic carbocycles. The number of hydrogen-bond donors (Lipinski definition) is 1. The van der Waals surface area contributed by atoms with Gasteiger partial charge in [-0.15, -0.1) is 0 Å². The molecule has 0 radical (unpaired) electrons. The minimum atomic E-state index is -3.27. The Kier molecular flexibility index (Phi) is 4.54. The number of nitrogens with one attached hydrogen (secondary N) is 1. The van der Waals surface area contributed by atoms with Crippen LogP contribution in [0.5, 0.6) is 0 Å². The fourth-order valence-electron chi connectivity index (χ4n) is 5.13. The first-order valence-corrected chi connectivity index (χ1v) is 12.7. The zero-order valence-corrected chi connectivity index (χ0v) is 18.3. The maximum atomic E-state index is 13.2. The number of anilines is 1. The summed E-state index contributed by atoms with van der Waals surface area (Å²) in [6, 6.07) is 8.18. The predicted octanol–water partition coefficient (Wildman–Crippen LogP) is 3.23. The van der Waals surface area contributed by atoms with Gasteiger partial charge in [-0.3, -0.25) is 0 Å². The molecule has 5 heterocycles. The summed E-state index contributed by atoms with van der Waals surface area (Å²) in [7, 11) is -3.27. The second kappa shape index (κ2) is 7.31. The van der Waals surface area contributed by atoms with Crippen LogP contribution in [0.3, 0.4) is 0 Å². The number of rotatable bonds is 5.